The van der Waals surface area contributed by atoms with E-state index in [1.54, 1.807) is 7.05 Å². The summed E-state index contributed by atoms with van der Waals surface area (Å²) in [5.41, 5.74) is 0.765. The molecule has 2 aliphatic heterocycles. The Bertz CT molecular complexity index is 674. The fourth-order valence-corrected chi connectivity index (χ4v) is 3.45. The number of aliphatic imine (C=N–C) groups is 1. The van der Waals surface area contributed by atoms with Crippen molar-refractivity contribution in [2.24, 2.45) is 4.99 Å². The van der Waals surface area contributed by atoms with Crippen LogP contribution in [0, 0.1) is 0 Å². The van der Waals surface area contributed by atoms with E-state index in [2.05, 4.69) is 26.6 Å². The molecule has 2 unspecified atom stereocenters. The Morgan fingerprint density at radius 3 is 2.85 bits per heavy atom. The molecule has 1 aromatic carbocycles. The van der Waals surface area contributed by atoms with Gasteiger partial charge in [-0.1, -0.05) is 18.2 Å². The van der Waals surface area contributed by atoms with E-state index in [0.717, 1.165) is 31.1 Å². The Morgan fingerprint density at radius 1 is 1.37 bits per heavy atom. The van der Waals surface area contributed by atoms with Gasteiger partial charge in [-0.25, -0.2) is 4.79 Å². The van der Waals surface area contributed by atoms with Crippen molar-refractivity contribution in [3.63, 3.8) is 0 Å². The summed E-state index contributed by atoms with van der Waals surface area (Å²) in [5.74, 6) is 1.81. The first-order valence-electron chi connectivity index (χ1n) is 9.54. The molecule has 7 nitrogen and oxygen atoms in total. The standard InChI is InChI=1S/C20H30N4O3/c1-20(2,3)27-19(25)23-15-9-10-24(13-15)18(21-4)22-12-16-11-14-7-5-6-8-17(14)26-16/h5-8,15-16H,9-13H2,1-4H3,(H,21,22)(H,23,25). The molecule has 0 saturated carbocycles. The van der Waals surface area contributed by atoms with Gasteiger partial charge in [-0.2, -0.15) is 0 Å². The van der Waals surface area contributed by atoms with Gasteiger partial charge in [-0.3, -0.25) is 4.99 Å². The van der Waals surface area contributed by atoms with Crippen LogP contribution in [0.15, 0.2) is 29.3 Å². The van der Waals surface area contributed by atoms with Crippen molar-refractivity contribution in [3.8, 4) is 5.75 Å². The van der Waals surface area contributed by atoms with Crippen LogP contribution >= 0.6 is 0 Å². The first-order valence-corrected chi connectivity index (χ1v) is 9.54. The maximum atomic E-state index is 12.0. The molecule has 3 rings (SSSR count). The van der Waals surface area contributed by atoms with E-state index in [1.807, 2.05) is 39.0 Å². The number of alkyl carbamates (subject to hydrolysis) is 1. The summed E-state index contributed by atoms with van der Waals surface area (Å²) < 4.78 is 11.3. The van der Waals surface area contributed by atoms with E-state index in [9.17, 15) is 4.79 Å². The topological polar surface area (TPSA) is 75.2 Å². The van der Waals surface area contributed by atoms with Crippen LogP contribution in [0.3, 0.4) is 0 Å². The van der Waals surface area contributed by atoms with Crippen LogP contribution in [-0.4, -0.2) is 61.4 Å². The summed E-state index contributed by atoms with van der Waals surface area (Å²) in [5, 5.41) is 6.35. The summed E-state index contributed by atoms with van der Waals surface area (Å²) >= 11 is 0. The number of benzene rings is 1. The molecule has 2 N–H and O–H groups in total. The highest BCUT2D eigenvalue weighted by molar-refractivity contribution is 5.80. The summed E-state index contributed by atoms with van der Waals surface area (Å²) in [7, 11) is 1.78. The first kappa shape index (κ1) is 19.3. The predicted octanol–water partition coefficient (Wildman–Crippen LogP) is 2.16. The number of nitrogens with zero attached hydrogens (tertiary/aromatic N) is 2. The molecule has 27 heavy (non-hydrogen) atoms. The van der Waals surface area contributed by atoms with Gasteiger partial charge >= 0.3 is 6.09 Å². The molecule has 0 aliphatic carbocycles. The SMILES string of the molecule is CN=C(NCC1Cc2ccccc2O1)N1CCC(NC(=O)OC(C)(C)C)C1. The number of nitrogens with one attached hydrogen (secondary N) is 2. The van der Waals surface area contributed by atoms with Crippen molar-refractivity contribution in [2.45, 2.75) is 51.4 Å². The lowest BCUT2D eigenvalue weighted by Gasteiger charge is -2.24. The van der Waals surface area contributed by atoms with Gasteiger partial charge in [0.25, 0.3) is 0 Å². The zero-order chi connectivity index (χ0) is 19.4. The lowest BCUT2D eigenvalue weighted by Crippen LogP contribution is -2.46. The molecule has 1 aromatic rings. The van der Waals surface area contributed by atoms with Crippen LogP contribution in [-0.2, 0) is 11.2 Å². The molecule has 0 radical (unpaired) electrons. The molecule has 2 aliphatic rings. The number of likely N-dealkylation sites (tertiary alicyclic amines) is 1. The molecule has 1 saturated heterocycles. The third-order valence-electron chi connectivity index (χ3n) is 4.62. The Kier molecular flexibility index (Phi) is 5.77. The van der Waals surface area contributed by atoms with Crippen molar-refractivity contribution in [3.05, 3.63) is 29.8 Å². The monoisotopic (exact) mass is 374 g/mol. The quantitative estimate of drug-likeness (QED) is 0.626. The van der Waals surface area contributed by atoms with Gasteiger partial charge in [0.1, 0.15) is 17.5 Å². The third kappa shape index (κ3) is 5.28. The number of para-hydroxylation sites is 1. The molecule has 0 spiro atoms. The number of carbonyl (C=O) groups excluding carboxylic acids is 1. The van der Waals surface area contributed by atoms with Crippen molar-refractivity contribution in [1.29, 1.82) is 0 Å². The normalized spacial score (nSPS) is 22.2. The number of fused-ring (bicyclic) bond motifs is 1. The van der Waals surface area contributed by atoms with Crippen molar-refractivity contribution < 1.29 is 14.3 Å². The van der Waals surface area contributed by atoms with Gasteiger partial charge < -0.3 is 25.0 Å². The lowest BCUT2D eigenvalue weighted by molar-refractivity contribution is 0.0507. The number of guanidine groups is 1. The van der Waals surface area contributed by atoms with E-state index in [4.69, 9.17) is 9.47 Å². The van der Waals surface area contributed by atoms with Crippen LogP contribution in [0.1, 0.15) is 32.8 Å². The number of amides is 1. The highest BCUT2D eigenvalue weighted by Gasteiger charge is 2.29. The molecule has 2 heterocycles. The van der Waals surface area contributed by atoms with Crippen LogP contribution in [0.2, 0.25) is 0 Å². The Labute approximate surface area is 161 Å². The Hall–Kier alpha value is -2.44. The smallest absolute Gasteiger partial charge is 0.407 e. The second kappa shape index (κ2) is 8.06. The van der Waals surface area contributed by atoms with Gasteiger partial charge in [-0.05, 0) is 38.8 Å². The van der Waals surface area contributed by atoms with Crippen molar-refractivity contribution in [1.82, 2.24) is 15.5 Å². The Morgan fingerprint density at radius 2 is 2.15 bits per heavy atom. The Balaban J connectivity index is 1.45. The minimum Gasteiger partial charge on any atom is -0.488 e. The van der Waals surface area contributed by atoms with E-state index in [1.165, 1.54) is 5.56 Å². The largest absolute Gasteiger partial charge is 0.488 e. The average molecular weight is 374 g/mol. The summed E-state index contributed by atoms with van der Waals surface area (Å²) in [6, 6.07) is 8.22. The van der Waals surface area contributed by atoms with Crippen LogP contribution in [0.4, 0.5) is 4.79 Å². The fourth-order valence-electron chi connectivity index (χ4n) is 3.45. The van der Waals surface area contributed by atoms with Crippen LogP contribution < -0.4 is 15.4 Å². The molecule has 1 amide bonds. The van der Waals surface area contributed by atoms with Gasteiger partial charge in [0.15, 0.2) is 5.96 Å². The van der Waals surface area contributed by atoms with E-state index in [-0.39, 0.29) is 18.2 Å². The van der Waals surface area contributed by atoms with Crippen LogP contribution in [0.25, 0.3) is 0 Å². The fraction of sp³-hybridized carbons (Fsp3) is 0.600. The number of hydrogen-bond acceptors (Lipinski definition) is 4. The van der Waals surface area contributed by atoms with Crippen molar-refractivity contribution >= 4 is 12.1 Å². The van der Waals surface area contributed by atoms with Gasteiger partial charge in [0.05, 0.1) is 12.6 Å². The molecular formula is C20H30N4O3. The third-order valence-corrected chi connectivity index (χ3v) is 4.62. The first-order chi connectivity index (χ1) is 12.8. The van der Waals surface area contributed by atoms with E-state index >= 15 is 0 Å². The second-order valence-corrected chi connectivity index (χ2v) is 8.06. The summed E-state index contributed by atoms with van der Waals surface area (Å²) in [6.45, 7) is 7.84. The van der Waals surface area contributed by atoms with E-state index in [0.29, 0.717) is 13.1 Å². The minimum atomic E-state index is -0.487. The molecular weight excluding hydrogens is 344 g/mol. The summed E-state index contributed by atoms with van der Waals surface area (Å²) in [4.78, 5) is 18.5. The molecule has 0 aromatic heterocycles. The van der Waals surface area contributed by atoms with Crippen molar-refractivity contribution in [2.75, 3.05) is 26.7 Å². The lowest BCUT2D eigenvalue weighted by atomic mass is 10.1. The maximum Gasteiger partial charge on any atom is 0.407 e. The zero-order valence-corrected chi connectivity index (χ0v) is 16.6. The second-order valence-electron chi connectivity index (χ2n) is 8.06. The average Bonchev–Trinajstić information content (AvgIpc) is 3.20. The van der Waals surface area contributed by atoms with E-state index < -0.39 is 5.60 Å². The van der Waals surface area contributed by atoms with Gasteiger partial charge in [0, 0.05) is 26.6 Å². The van der Waals surface area contributed by atoms with Gasteiger partial charge in [-0.15, -0.1) is 0 Å². The molecule has 2 atom stereocenters. The minimum absolute atomic E-state index is 0.0605. The number of rotatable bonds is 3. The highest BCUT2D eigenvalue weighted by Crippen LogP contribution is 2.27. The van der Waals surface area contributed by atoms with Gasteiger partial charge in [0.2, 0.25) is 0 Å². The van der Waals surface area contributed by atoms with Crippen LogP contribution in [0.5, 0.6) is 5.75 Å². The maximum absolute atomic E-state index is 12.0. The zero-order valence-electron chi connectivity index (χ0n) is 16.6. The molecule has 148 valence electrons. The highest BCUT2D eigenvalue weighted by atomic mass is 16.6. The number of carbonyl (C=O) groups is 1. The molecule has 1 fully saturated rings. The summed E-state index contributed by atoms with van der Waals surface area (Å²) in [6.07, 6.45) is 1.51. The number of hydrogen-bond donors (Lipinski definition) is 2. The molecule has 7 heteroatoms. The molecule has 0 bridgehead atoms. The predicted molar refractivity (Wildman–Crippen MR) is 105 cm³/mol. The number of ether oxygens (including phenoxy) is 2.